The predicted octanol–water partition coefficient (Wildman–Crippen LogP) is -0.518. The van der Waals surface area contributed by atoms with Crippen molar-refractivity contribution in [2.45, 2.75) is 32.1 Å². The van der Waals surface area contributed by atoms with Gasteiger partial charge in [0.05, 0.1) is 0 Å². The zero-order valence-electron chi connectivity index (χ0n) is 8.37. The molecule has 1 unspecified atom stereocenters. The highest BCUT2D eigenvalue weighted by Gasteiger charge is 2.14. The van der Waals surface area contributed by atoms with Crippen LogP contribution in [0.1, 0.15) is 32.1 Å². The molecule has 14 heavy (non-hydrogen) atoms. The summed E-state index contributed by atoms with van der Waals surface area (Å²) < 4.78 is 0. The quantitative estimate of drug-likeness (QED) is 0.491. The van der Waals surface area contributed by atoms with E-state index < -0.39 is 0 Å². The Bertz CT molecular complexity index is 194. The van der Waals surface area contributed by atoms with Crippen LogP contribution < -0.4 is 17.2 Å². The van der Waals surface area contributed by atoms with Crippen LogP contribution in [-0.2, 0) is 9.59 Å². The zero-order valence-corrected chi connectivity index (χ0v) is 8.37. The van der Waals surface area contributed by atoms with E-state index in [0.717, 1.165) is 6.42 Å². The highest BCUT2D eigenvalue weighted by molar-refractivity contribution is 5.77. The van der Waals surface area contributed by atoms with E-state index in [1.807, 2.05) is 0 Å². The molecule has 0 aromatic heterocycles. The van der Waals surface area contributed by atoms with Gasteiger partial charge in [0.15, 0.2) is 0 Å². The molecule has 0 heterocycles. The van der Waals surface area contributed by atoms with Gasteiger partial charge in [0, 0.05) is 12.3 Å². The van der Waals surface area contributed by atoms with Crippen LogP contribution in [0.3, 0.4) is 0 Å². The molecule has 0 aliphatic rings. The summed E-state index contributed by atoms with van der Waals surface area (Å²) in [6, 6.07) is 0. The maximum atomic E-state index is 10.9. The molecule has 1 atom stereocenters. The van der Waals surface area contributed by atoms with E-state index in [0.29, 0.717) is 32.2 Å². The van der Waals surface area contributed by atoms with Gasteiger partial charge in [-0.2, -0.15) is 0 Å². The maximum Gasteiger partial charge on any atom is 0.220 e. The summed E-state index contributed by atoms with van der Waals surface area (Å²) >= 11 is 0. The van der Waals surface area contributed by atoms with Crippen molar-refractivity contribution in [3.63, 3.8) is 0 Å². The van der Waals surface area contributed by atoms with Gasteiger partial charge in [-0.15, -0.1) is 0 Å². The highest BCUT2D eigenvalue weighted by Crippen LogP contribution is 2.13. The summed E-state index contributed by atoms with van der Waals surface area (Å²) in [5, 5.41) is 0. The third-order valence-electron chi connectivity index (χ3n) is 2.13. The van der Waals surface area contributed by atoms with Crippen molar-refractivity contribution >= 4 is 11.8 Å². The molecule has 0 aliphatic carbocycles. The predicted molar refractivity (Wildman–Crippen MR) is 54.0 cm³/mol. The van der Waals surface area contributed by atoms with Crippen molar-refractivity contribution in [1.82, 2.24) is 0 Å². The molecule has 0 aromatic carbocycles. The van der Waals surface area contributed by atoms with Gasteiger partial charge in [0.25, 0.3) is 0 Å². The number of carbonyl (C=O) groups excluding carboxylic acids is 2. The van der Waals surface area contributed by atoms with E-state index in [1.165, 1.54) is 0 Å². The monoisotopic (exact) mass is 201 g/mol. The molecule has 0 bridgehead atoms. The second kappa shape index (κ2) is 7.32. The Morgan fingerprint density at radius 3 is 2.07 bits per heavy atom. The van der Waals surface area contributed by atoms with Gasteiger partial charge in [-0.05, 0) is 32.2 Å². The first-order chi connectivity index (χ1) is 6.57. The third kappa shape index (κ3) is 6.42. The molecular formula is C9H19N3O2. The van der Waals surface area contributed by atoms with E-state index in [1.54, 1.807) is 0 Å². The van der Waals surface area contributed by atoms with Gasteiger partial charge in [-0.3, -0.25) is 9.59 Å². The number of carbonyl (C=O) groups is 2. The Morgan fingerprint density at radius 2 is 1.64 bits per heavy atom. The van der Waals surface area contributed by atoms with Crippen molar-refractivity contribution in [1.29, 1.82) is 0 Å². The number of primary amides is 2. The van der Waals surface area contributed by atoms with Crippen LogP contribution in [0.5, 0.6) is 0 Å². The van der Waals surface area contributed by atoms with Gasteiger partial charge in [0.1, 0.15) is 0 Å². The first-order valence-corrected chi connectivity index (χ1v) is 4.85. The van der Waals surface area contributed by atoms with Crippen LogP contribution in [0, 0.1) is 5.92 Å². The molecule has 0 aromatic rings. The smallest absolute Gasteiger partial charge is 0.220 e. The van der Waals surface area contributed by atoms with E-state index in [9.17, 15) is 9.59 Å². The minimum absolute atomic E-state index is 0.169. The number of hydrogen-bond donors (Lipinski definition) is 3. The normalized spacial score (nSPS) is 12.4. The van der Waals surface area contributed by atoms with Gasteiger partial charge >= 0.3 is 0 Å². The molecule has 5 nitrogen and oxygen atoms in total. The Morgan fingerprint density at radius 1 is 1.07 bits per heavy atom. The van der Waals surface area contributed by atoms with Crippen molar-refractivity contribution < 1.29 is 9.59 Å². The van der Waals surface area contributed by atoms with Crippen molar-refractivity contribution in [3.8, 4) is 0 Å². The van der Waals surface area contributed by atoms with E-state index in [4.69, 9.17) is 17.2 Å². The second-order valence-electron chi connectivity index (χ2n) is 3.39. The Hall–Kier alpha value is -1.10. The van der Waals surface area contributed by atoms with Crippen LogP contribution in [0.15, 0.2) is 0 Å². The molecule has 2 amide bonds. The van der Waals surface area contributed by atoms with Crippen LogP contribution in [0.4, 0.5) is 0 Å². The fourth-order valence-electron chi connectivity index (χ4n) is 1.32. The van der Waals surface area contributed by atoms with E-state index in [2.05, 4.69) is 0 Å². The van der Waals surface area contributed by atoms with Gasteiger partial charge in [-0.25, -0.2) is 0 Å². The first kappa shape index (κ1) is 12.9. The second-order valence-corrected chi connectivity index (χ2v) is 3.39. The summed E-state index contributed by atoms with van der Waals surface area (Å²) in [4.78, 5) is 21.4. The number of hydrogen-bond acceptors (Lipinski definition) is 3. The summed E-state index contributed by atoms with van der Waals surface area (Å²) in [7, 11) is 0. The molecule has 0 saturated carbocycles. The van der Waals surface area contributed by atoms with Gasteiger partial charge in [-0.1, -0.05) is 0 Å². The van der Waals surface area contributed by atoms with Crippen molar-refractivity contribution in [2.24, 2.45) is 23.1 Å². The van der Waals surface area contributed by atoms with Crippen molar-refractivity contribution in [2.75, 3.05) is 6.54 Å². The Kier molecular flexibility index (Phi) is 6.74. The zero-order chi connectivity index (χ0) is 11.0. The topological polar surface area (TPSA) is 112 Å². The molecule has 82 valence electrons. The molecular weight excluding hydrogens is 182 g/mol. The van der Waals surface area contributed by atoms with Crippen molar-refractivity contribution in [3.05, 3.63) is 0 Å². The van der Waals surface area contributed by atoms with Crippen LogP contribution in [0.2, 0.25) is 0 Å². The lowest BCUT2D eigenvalue weighted by molar-refractivity contribution is -0.123. The lowest BCUT2D eigenvalue weighted by Crippen LogP contribution is -2.24. The van der Waals surface area contributed by atoms with E-state index >= 15 is 0 Å². The van der Waals surface area contributed by atoms with Crippen LogP contribution in [0.25, 0.3) is 0 Å². The molecule has 6 N–H and O–H groups in total. The number of rotatable bonds is 8. The minimum Gasteiger partial charge on any atom is -0.370 e. The Balaban J connectivity index is 3.73. The lowest BCUT2D eigenvalue weighted by atomic mass is 9.96. The highest BCUT2D eigenvalue weighted by atomic mass is 16.1. The largest absolute Gasteiger partial charge is 0.370 e. The molecule has 0 fully saturated rings. The molecule has 0 spiro atoms. The number of amides is 2. The maximum absolute atomic E-state index is 10.9. The Labute approximate surface area is 84.0 Å². The fourth-order valence-corrected chi connectivity index (χ4v) is 1.32. The van der Waals surface area contributed by atoms with Gasteiger partial charge < -0.3 is 17.2 Å². The number of nitrogens with two attached hydrogens (primary N) is 3. The van der Waals surface area contributed by atoms with Crippen LogP contribution in [-0.4, -0.2) is 18.4 Å². The van der Waals surface area contributed by atoms with E-state index in [-0.39, 0.29) is 17.7 Å². The summed E-state index contributed by atoms with van der Waals surface area (Å²) in [6.45, 7) is 0.555. The molecule has 0 radical (unpaired) electrons. The lowest BCUT2D eigenvalue weighted by Gasteiger charge is -2.11. The first-order valence-electron chi connectivity index (χ1n) is 4.85. The molecule has 0 aliphatic heterocycles. The molecule has 0 rings (SSSR count). The molecule has 5 heteroatoms. The summed E-state index contributed by atoms with van der Waals surface area (Å²) in [6.07, 6.45) is 3.03. The van der Waals surface area contributed by atoms with Gasteiger partial charge in [0.2, 0.25) is 11.8 Å². The standard InChI is InChI=1S/C9H19N3O2/c10-6-2-4-7(9(12)14)3-1-5-8(11)13/h7H,1-6,10H2,(H2,11,13)(H2,12,14). The average Bonchev–Trinajstić information content (AvgIpc) is 2.09. The summed E-state index contributed by atoms with van der Waals surface area (Å²) in [5.74, 6) is -0.826. The minimum atomic E-state index is -0.341. The third-order valence-corrected chi connectivity index (χ3v) is 2.13. The average molecular weight is 201 g/mol. The molecule has 0 saturated heterocycles. The SMILES string of the molecule is NCCCC(CCCC(N)=O)C(N)=O. The fraction of sp³-hybridized carbons (Fsp3) is 0.778. The summed E-state index contributed by atoms with van der Waals surface area (Å²) in [5.41, 5.74) is 15.5. The van der Waals surface area contributed by atoms with Crippen LogP contribution >= 0.6 is 0 Å².